The summed E-state index contributed by atoms with van der Waals surface area (Å²) in [5, 5.41) is 0. The van der Waals surface area contributed by atoms with E-state index in [9.17, 15) is 0 Å². The lowest BCUT2D eigenvalue weighted by Crippen LogP contribution is -2.65. The summed E-state index contributed by atoms with van der Waals surface area (Å²) in [6.45, 7) is 9.15. The quantitative estimate of drug-likeness (QED) is 0.243. The van der Waals surface area contributed by atoms with Gasteiger partial charge in [-0.2, -0.15) is 0 Å². The Hall–Kier alpha value is -3.04. The monoisotopic (exact) mass is 560 g/mol. The molecule has 0 bridgehead atoms. The van der Waals surface area contributed by atoms with Crippen molar-refractivity contribution in [3.63, 3.8) is 0 Å². The van der Waals surface area contributed by atoms with Crippen molar-refractivity contribution < 1.29 is 33.2 Å². The molecule has 218 valence electrons. The molecule has 1 saturated carbocycles. The minimum absolute atomic E-state index is 0.337. The third kappa shape index (κ3) is 7.43. The minimum atomic E-state index is -0.825. The van der Waals surface area contributed by atoms with Gasteiger partial charge in [0.15, 0.2) is 5.79 Å². The molecule has 7 heteroatoms. The third-order valence-corrected chi connectivity index (χ3v) is 7.36. The summed E-state index contributed by atoms with van der Waals surface area (Å²) < 4.78 is 44.6. The fourth-order valence-electron chi connectivity index (χ4n) is 5.46. The molecule has 0 N–H and O–H groups in total. The maximum Gasteiger partial charge on any atom is 0.164 e. The van der Waals surface area contributed by atoms with Gasteiger partial charge in [-0.15, -0.1) is 6.58 Å². The number of benzene rings is 3. The molecule has 2 aliphatic rings. The fourth-order valence-corrected chi connectivity index (χ4v) is 5.46. The Balaban J connectivity index is 1.47. The van der Waals surface area contributed by atoms with Gasteiger partial charge in [-0.1, -0.05) is 78.9 Å². The van der Waals surface area contributed by atoms with Crippen molar-refractivity contribution in [2.24, 2.45) is 0 Å². The molecular weight excluding hydrogens is 520 g/mol. The molecule has 0 aromatic heterocycles. The number of methoxy groups -OCH3 is 1. The molecule has 3 aromatic rings. The Kier molecular flexibility index (Phi) is 9.88. The molecule has 2 fully saturated rings. The lowest BCUT2D eigenvalue weighted by Gasteiger charge is -2.46. The summed E-state index contributed by atoms with van der Waals surface area (Å²) in [5.74, 6) is -0.0343. The number of rotatable bonds is 13. The second-order valence-electron chi connectivity index (χ2n) is 10.8. The average Bonchev–Trinajstić information content (AvgIpc) is 3.33. The molecular formula is C34H40O7. The van der Waals surface area contributed by atoms with Gasteiger partial charge in [-0.05, 0) is 42.7 Å². The molecule has 0 spiro atoms. The minimum Gasteiger partial charge on any atom is -0.497 e. The van der Waals surface area contributed by atoms with Crippen LogP contribution in [0.2, 0.25) is 0 Å². The first-order valence-electron chi connectivity index (χ1n) is 14.1. The van der Waals surface area contributed by atoms with E-state index in [2.05, 4.69) is 6.58 Å². The van der Waals surface area contributed by atoms with Gasteiger partial charge in [0, 0.05) is 0 Å². The SMILES string of the molecule is C=CCO[C@H]1C2OC(C)(C)OC2[C@H](OCc2ccccc2)[C@@H](OCc2ccc(OC)cc2)[C@H]1OCc1ccccc1. The second-order valence-corrected chi connectivity index (χ2v) is 10.8. The van der Waals surface area contributed by atoms with Crippen LogP contribution in [-0.4, -0.2) is 56.1 Å². The largest absolute Gasteiger partial charge is 0.497 e. The predicted octanol–water partition coefficient (Wildman–Crippen LogP) is 5.86. The molecule has 2 unspecified atom stereocenters. The van der Waals surface area contributed by atoms with Crippen molar-refractivity contribution in [3.05, 3.63) is 114 Å². The molecule has 0 radical (unpaired) electrons. The molecule has 1 saturated heterocycles. The Morgan fingerprint density at radius 3 is 1.54 bits per heavy atom. The first-order valence-corrected chi connectivity index (χ1v) is 14.1. The van der Waals surface area contributed by atoms with Crippen molar-refractivity contribution >= 4 is 0 Å². The Bertz CT molecular complexity index is 1210. The maximum absolute atomic E-state index is 6.70. The van der Waals surface area contributed by atoms with E-state index in [1.54, 1.807) is 13.2 Å². The summed E-state index contributed by atoms with van der Waals surface area (Å²) >= 11 is 0. The van der Waals surface area contributed by atoms with Crippen molar-refractivity contribution in [2.45, 2.75) is 76.1 Å². The lowest BCUT2D eigenvalue weighted by atomic mass is 9.84. The van der Waals surface area contributed by atoms with Crippen LogP contribution < -0.4 is 4.74 Å². The van der Waals surface area contributed by atoms with Gasteiger partial charge in [0.05, 0.1) is 33.5 Å². The summed E-state index contributed by atoms with van der Waals surface area (Å²) in [6, 6.07) is 28.0. The van der Waals surface area contributed by atoms with Crippen molar-refractivity contribution in [3.8, 4) is 5.75 Å². The van der Waals surface area contributed by atoms with Crippen LogP contribution in [-0.2, 0) is 48.2 Å². The Morgan fingerprint density at radius 2 is 1.07 bits per heavy atom. The van der Waals surface area contributed by atoms with Crippen LogP contribution in [0.5, 0.6) is 5.75 Å². The number of hydrogen-bond acceptors (Lipinski definition) is 7. The summed E-state index contributed by atoms with van der Waals surface area (Å²) in [7, 11) is 1.65. The van der Waals surface area contributed by atoms with Crippen LogP contribution in [0.25, 0.3) is 0 Å². The summed E-state index contributed by atoms with van der Waals surface area (Å²) in [5.41, 5.74) is 3.11. The summed E-state index contributed by atoms with van der Waals surface area (Å²) in [4.78, 5) is 0. The zero-order valence-electron chi connectivity index (χ0n) is 24.0. The van der Waals surface area contributed by atoms with E-state index in [1.807, 2.05) is 98.8 Å². The smallest absolute Gasteiger partial charge is 0.164 e. The van der Waals surface area contributed by atoms with E-state index in [0.29, 0.717) is 26.4 Å². The highest BCUT2D eigenvalue weighted by molar-refractivity contribution is 5.27. The first kappa shape index (κ1) is 29.5. The Morgan fingerprint density at radius 1 is 0.634 bits per heavy atom. The zero-order chi connectivity index (χ0) is 28.7. The molecule has 6 atom stereocenters. The standard InChI is InChI=1S/C34H40O7/c1-5-20-36-30-28(37-21-24-12-8-6-9-13-24)29(38-23-26-16-18-27(35-4)19-17-26)31(33-32(30)40-34(2,3)41-33)39-22-25-14-10-7-11-15-25/h5-19,28-33H,1,20-23H2,2-4H3/t28-,29+,30-,31-,32?,33?/m1/s1. The highest BCUT2D eigenvalue weighted by Crippen LogP contribution is 2.42. The zero-order valence-corrected chi connectivity index (χ0v) is 24.0. The predicted molar refractivity (Wildman–Crippen MR) is 155 cm³/mol. The van der Waals surface area contributed by atoms with Gasteiger partial charge in [-0.25, -0.2) is 0 Å². The van der Waals surface area contributed by atoms with Crippen LogP contribution in [0, 0.1) is 0 Å². The topological polar surface area (TPSA) is 64.6 Å². The molecule has 1 heterocycles. The lowest BCUT2D eigenvalue weighted by molar-refractivity contribution is -0.249. The molecule has 3 aromatic carbocycles. The molecule has 1 aliphatic heterocycles. The van der Waals surface area contributed by atoms with Crippen LogP contribution >= 0.6 is 0 Å². The van der Waals surface area contributed by atoms with Gasteiger partial charge < -0.3 is 33.2 Å². The van der Waals surface area contributed by atoms with Gasteiger partial charge in [0.1, 0.15) is 42.4 Å². The number of ether oxygens (including phenoxy) is 7. The van der Waals surface area contributed by atoms with Crippen molar-refractivity contribution in [1.82, 2.24) is 0 Å². The van der Waals surface area contributed by atoms with Crippen molar-refractivity contribution in [2.75, 3.05) is 13.7 Å². The molecule has 0 amide bonds. The second kappa shape index (κ2) is 13.7. The van der Waals surface area contributed by atoms with Crippen molar-refractivity contribution in [1.29, 1.82) is 0 Å². The van der Waals surface area contributed by atoms with Gasteiger partial charge in [0.2, 0.25) is 0 Å². The normalized spacial score (nSPS) is 26.8. The van der Waals surface area contributed by atoms with E-state index < -0.39 is 42.4 Å². The van der Waals surface area contributed by atoms with Gasteiger partial charge in [-0.3, -0.25) is 0 Å². The molecule has 1 aliphatic carbocycles. The van der Waals surface area contributed by atoms with Crippen LogP contribution in [0.3, 0.4) is 0 Å². The average molecular weight is 561 g/mol. The third-order valence-electron chi connectivity index (χ3n) is 7.36. The van der Waals surface area contributed by atoms with E-state index >= 15 is 0 Å². The molecule has 5 rings (SSSR count). The molecule has 41 heavy (non-hydrogen) atoms. The fraction of sp³-hybridized carbons (Fsp3) is 0.412. The highest BCUT2D eigenvalue weighted by atomic mass is 16.8. The van der Waals surface area contributed by atoms with Crippen LogP contribution in [0.15, 0.2) is 97.6 Å². The highest BCUT2D eigenvalue weighted by Gasteiger charge is 2.60. The summed E-state index contributed by atoms with van der Waals surface area (Å²) in [6.07, 6.45) is -1.10. The maximum atomic E-state index is 6.70. The van der Waals surface area contributed by atoms with Gasteiger partial charge >= 0.3 is 0 Å². The van der Waals surface area contributed by atoms with Gasteiger partial charge in [0.25, 0.3) is 0 Å². The molecule has 7 nitrogen and oxygen atoms in total. The first-order chi connectivity index (χ1) is 20.0. The van der Waals surface area contributed by atoms with E-state index in [4.69, 9.17) is 33.2 Å². The van der Waals surface area contributed by atoms with Crippen LogP contribution in [0.4, 0.5) is 0 Å². The number of hydrogen-bond donors (Lipinski definition) is 0. The van der Waals surface area contributed by atoms with Crippen LogP contribution in [0.1, 0.15) is 30.5 Å². The van der Waals surface area contributed by atoms with E-state index in [1.165, 1.54) is 0 Å². The Labute approximate surface area is 242 Å². The van der Waals surface area contributed by atoms with E-state index in [-0.39, 0.29) is 0 Å². The van der Waals surface area contributed by atoms with E-state index in [0.717, 1.165) is 22.4 Å². The number of fused-ring (bicyclic) bond motifs is 1.